The molecule has 162 valence electrons. The van der Waals surface area contributed by atoms with E-state index in [0.29, 0.717) is 31.2 Å². The van der Waals surface area contributed by atoms with Gasteiger partial charge in [0.25, 0.3) is 11.5 Å². The zero-order valence-corrected chi connectivity index (χ0v) is 17.2. The Bertz CT molecular complexity index is 1260. The van der Waals surface area contributed by atoms with Gasteiger partial charge in [-0.3, -0.25) is 14.6 Å². The second-order valence-corrected chi connectivity index (χ2v) is 7.72. The second-order valence-electron chi connectivity index (χ2n) is 7.72. The van der Waals surface area contributed by atoms with Gasteiger partial charge in [0.15, 0.2) is 17.3 Å². The molecule has 1 amide bonds. The van der Waals surface area contributed by atoms with E-state index in [-0.39, 0.29) is 23.1 Å². The van der Waals surface area contributed by atoms with E-state index >= 15 is 0 Å². The van der Waals surface area contributed by atoms with Gasteiger partial charge < -0.3 is 9.42 Å². The molecule has 1 saturated heterocycles. The number of carbonyl (C=O) groups excluding carboxylic acids is 1. The molecule has 0 N–H and O–H groups in total. The highest BCUT2D eigenvalue weighted by Gasteiger charge is 2.26. The quantitative estimate of drug-likeness (QED) is 0.475. The SMILES string of the molecule is O=C(c1cc(-c2cccnc2)on1)N1CCC(Cn2nc(-n3cccn3)ccc2=O)CC1. The average Bonchev–Trinajstić information content (AvgIpc) is 3.54. The maximum absolute atomic E-state index is 12.9. The van der Waals surface area contributed by atoms with E-state index in [2.05, 4.69) is 20.3 Å². The average molecular weight is 431 g/mol. The fourth-order valence-electron chi connectivity index (χ4n) is 3.84. The van der Waals surface area contributed by atoms with E-state index in [9.17, 15) is 9.59 Å². The minimum atomic E-state index is -0.154. The van der Waals surface area contributed by atoms with Crippen molar-refractivity contribution in [2.75, 3.05) is 13.1 Å². The van der Waals surface area contributed by atoms with Gasteiger partial charge in [-0.2, -0.15) is 5.10 Å². The fourth-order valence-corrected chi connectivity index (χ4v) is 3.84. The zero-order valence-electron chi connectivity index (χ0n) is 17.2. The second kappa shape index (κ2) is 8.58. The molecule has 1 aliphatic heterocycles. The molecule has 0 aromatic carbocycles. The Balaban J connectivity index is 1.21. The molecular weight excluding hydrogens is 410 g/mol. The summed E-state index contributed by atoms with van der Waals surface area (Å²) in [7, 11) is 0. The summed E-state index contributed by atoms with van der Waals surface area (Å²) in [5.74, 6) is 1.20. The molecule has 10 heteroatoms. The molecule has 1 aliphatic rings. The van der Waals surface area contributed by atoms with Crippen molar-refractivity contribution < 1.29 is 9.32 Å². The first-order valence-electron chi connectivity index (χ1n) is 10.4. The Morgan fingerprint density at radius 2 is 2.00 bits per heavy atom. The van der Waals surface area contributed by atoms with Crippen molar-refractivity contribution >= 4 is 5.91 Å². The number of aromatic nitrogens is 6. The minimum absolute atomic E-state index is 0.148. The first-order chi connectivity index (χ1) is 15.7. The molecule has 0 aliphatic carbocycles. The van der Waals surface area contributed by atoms with Crippen LogP contribution in [0.1, 0.15) is 23.3 Å². The number of pyridine rings is 1. The fraction of sp³-hybridized carbons (Fsp3) is 0.273. The smallest absolute Gasteiger partial charge is 0.276 e. The van der Waals surface area contributed by atoms with E-state index in [0.717, 1.165) is 18.4 Å². The normalized spacial score (nSPS) is 14.6. The van der Waals surface area contributed by atoms with Gasteiger partial charge >= 0.3 is 0 Å². The van der Waals surface area contributed by atoms with Crippen molar-refractivity contribution in [2.45, 2.75) is 19.4 Å². The molecule has 5 heterocycles. The van der Waals surface area contributed by atoms with Crippen LogP contribution in [0.2, 0.25) is 0 Å². The highest BCUT2D eigenvalue weighted by molar-refractivity contribution is 5.93. The maximum Gasteiger partial charge on any atom is 0.276 e. The Morgan fingerprint density at radius 1 is 1.12 bits per heavy atom. The molecule has 0 atom stereocenters. The number of amides is 1. The molecule has 4 aromatic heterocycles. The third-order valence-electron chi connectivity index (χ3n) is 5.60. The van der Waals surface area contributed by atoms with Crippen LogP contribution in [-0.2, 0) is 6.54 Å². The third-order valence-corrected chi connectivity index (χ3v) is 5.60. The summed E-state index contributed by atoms with van der Waals surface area (Å²) in [5.41, 5.74) is 0.907. The van der Waals surface area contributed by atoms with Gasteiger partial charge in [-0.05, 0) is 43.0 Å². The van der Waals surface area contributed by atoms with Gasteiger partial charge in [-0.15, -0.1) is 5.10 Å². The summed E-state index contributed by atoms with van der Waals surface area (Å²) >= 11 is 0. The summed E-state index contributed by atoms with van der Waals surface area (Å²) in [6, 6.07) is 10.3. The summed E-state index contributed by atoms with van der Waals surface area (Å²) in [6.45, 7) is 1.68. The number of likely N-dealkylation sites (tertiary alicyclic amines) is 1. The van der Waals surface area contributed by atoms with Crippen molar-refractivity contribution in [3.8, 4) is 17.1 Å². The molecule has 4 aromatic rings. The van der Waals surface area contributed by atoms with Crippen LogP contribution in [0.5, 0.6) is 0 Å². The monoisotopic (exact) mass is 431 g/mol. The summed E-state index contributed by atoms with van der Waals surface area (Å²) in [4.78, 5) is 31.0. The summed E-state index contributed by atoms with van der Waals surface area (Å²) < 4.78 is 8.43. The number of hydrogen-bond acceptors (Lipinski definition) is 7. The minimum Gasteiger partial charge on any atom is -0.355 e. The lowest BCUT2D eigenvalue weighted by Crippen LogP contribution is -2.40. The molecule has 5 rings (SSSR count). The van der Waals surface area contributed by atoms with Crippen molar-refractivity contribution in [1.82, 2.24) is 34.6 Å². The van der Waals surface area contributed by atoms with E-state index in [1.165, 1.54) is 10.7 Å². The Labute approximate surface area is 183 Å². The van der Waals surface area contributed by atoms with Crippen molar-refractivity contribution in [3.63, 3.8) is 0 Å². The lowest BCUT2D eigenvalue weighted by molar-refractivity contribution is 0.0670. The first-order valence-corrected chi connectivity index (χ1v) is 10.4. The van der Waals surface area contributed by atoms with Gasteiger partial charge in [0.05, 0.1) is 0 Å². The van der Waals surface area contributed by atoms with Gasteiger partial charge in [-0.1, -0.05) is 5.16 Å². The van der Waals surface area contributed by atoms with Crippen molar-refractivity contribution in [1.29, 1.82) is 0 Å². The van der Waals surface area contributed by atoms with Crippen LogP contribution in [0.15, 0.2) is 70.5 Å². The molecule has 1 fully saturated rings. The van der Waals surface area contributed by atoms with Crippen molar-refractivity contribution in [2.24, 2.45) is 5.92 Å². The number of piperidine rings is 1. The number of nitrogens with zero attached hydrogens (tertiary/aromatic N) is 7. The van der Waals surface area contributed by atoms with Crippen LogP contribution in [0, 0.1) is 5.92 Å². The van der Waals surface area contributed by atoms with Crippen LogP contribution in [0.4, 0.5) is 0 Å². The molecule has 0 saturated carbocycles. The topological polar surface area (TPSA) is 112 Å². The summed E-state index contributed by atoms with van der Waals surface area (Å²) in [6.07, 6.45) is 8.34. The predicted octanol–water partition coefficient (Wildman–Crippen LogP) is 2.03. The van der Waals surface area contributed by atoms with Gasteiger partial charge in [0.2, 0.25) is 0 Å². The standard InChI is InChI=1S/C22H21N7O3/c30-21-5-4-20(28-10-2-9-24-28)25-29(21)15-16-6-11-27(12-7-16)22(31)18-13-19(32-26-18)17-3-1-8-23-14-17/h1-5,8-10,13-14,16H,6-7,11-12,15H2. The molecule has 10 nitrogen and oxygen atoms in total. The Kier molecular flexibility index (Phi) is 5.32. The van der Waals surface area contributed by atoms with Crippen LogP contribution in [0.25, 0.3) is 17.1 Å². The predicted molar refractivity (Wildman–Crippen MR) is 114 cm³/mol. The van der Waals surface area contributed by atoms with Crippen LogP contribution < -0.4 is 5.56 Å². The zero-order chi connectivity index (χ0) is 21.9. The molecule has 0 bridgehead atoms. The largest absolute Gasteiger partial charge is 0.355 e. The summed E-state index contributed by atoms with van der Waals surface area (Å²) in [5, 5.41) is 12.5. The van der Waals surface area contributed by atoms with E-state index < -0.39 is 0 Å². The van der Waals surface area contributed by atoms with Crippen LogP contribution in [0.3, 0.4) is 0 Å². The van der Waals surface area contributed by atoms with Crippen LogP contribution >= 0.6 is 0 Å². The molecule has 32 heavy (non-hydrogen) atoms. The van der Waals surface area contributed by atoms with Gasteiger partial charge in [-0.25, -0.2) is 9.36 Å². The lowest BCUT2D eigenvalue weighted by atomic mass is 9.96. The third kappa shape index (κ3) is 4.07. The number of hydrogen-bond donors (Lipinski definition) is 0. The number of carbonyl (C=O) groups is 1. The molecule has 0 spiro atoms. The molecule has 0 unspecified atom stereocenters. The van der Waals surface area contributed by atoms with E-state index in [4.69, 9.17) is 4.52 Å². The van der Waals surface area contributed by atoms with Crippen molar-refractivity contribution in [3.05, 3.63) is 77.2 Å². The van der Waals surface area contributed by atoms with E-state index in [1.807, 2.05) is 6.07 Å². The highest BCUT2D eigenvalue weighted by atomic mass is 16.5. The maximum atomic E-state index is 12.9. The lowest BCUT2D eigenvalue weighted by Gasteiger charge is -2.31. The highest BCUT2D eigenvalue weighted by Crippen LogP contribution is 2.23. The first kappa shape index (κ1) is 19.9. The van der Waals surface area contributed by atoms with Crippen LogP contribution in [-0.4, -0.2) is 53.6 Å². The Morgan fingerprint density at radius 3 is 2.75 bits per heavy atom. The molecule has 0 radical (unpaired) electrons. The van der Waals surface area contributed by atoms with E-state index in [1.54, 1.807) is 58.6 Å². The Hall–Kier alpha value is -4.08. The van der Waals surface area contributed by atoms with Gasteiger partial charge in [0.1, 0.15) is 0 Å². The van der Waals surface area contributed by atoms with Gasteiger partial charge in [0, 0.05) is 62.1 Å². The molecular formula is C22H21N7O3. The number of rotatable bonds is 5.